The fraction of sp³-hybridized carbons (Fsp3) is 0.125. The van der Waals surface area contributed by atoms with Crippen LogP contribution in [0.25, 0.3) is 6.08 Å². The zero-order valence-electron chi connectivity index (χ0n) is 17.0. The van der Waals surface area contributed by atoms with Gasteiger partial charge in [-0.05, 0) is 70.9 Å². The third-order valence-electron chi connectivity index (χ3n) is 4.28. The molecular formula is C24H19Br2ClFNO3. The maximum atomic E-state index is 13.9. The van der Waals surface area contributed by atoms with Crippen molar-refractivity contribution in [3.63, 3.8) is 0 Å². The Morgan fingerprint density at radius 1 is 1.12 bits per heavy atom. The lowest BCUT2D eigenvalue weighted by Crippen LogP contribution is -2.09. The SMILES string of the molecule is CCOc1cc(/C=C/C(=O)Nc2ccc(Br)cc2F)cc(Br)c1OCc1ccccc1Cl. The van der Waals surface area contributed by atoms with Gasteiger partial charge in [-0.2, -0.15) is 0 Å². The molecule has 4 nitrogen and oxygen atoms in total. The largest absolute Gasteiger partial charge is 0.490 e. The summed E-state index contributed by atoms with van der Waals surface area (Å²) in [5.74, 6) is 0.0696. The second-order valence-corrected chi connectivity index (χ2v) is 8.77. The molecule has 0 saturated heterocycles. The number of carbonyl (C=O) groups excluding carboxylic acids is 1. The Kier molecular flexibility index (Phi) is 8.73. The Labute approximate surface area is 207 Å². The highest BCUT2D eigenvalue weighted by molar-refractivity contribution is 9.10. The second-order valence-electron chi connectivity index (χ2n) is 6.59. The lowest BCUT2D eigenvalue weighted by molar-refractivity contribution is -0.111. The molecule has 0 spiro atoms. The van der Waals surface area contributed by atoms with Crippen LogP contribution in [0.15, 0.2) is 69.6 Å². The van der Waals surface area contributed by atoms with Gasteiger partial charge >= 0.3 is 0 Å². The van der Waals surface area contributed by atoms with Crippen LogP contribution in [0.3, 0.4) is 0 Å². The summed E-state index contributed by atoms with van der Waals surface area (Å²) < 4.78 is 26.9. The van der Waals surface area contributed by atoms with E-state index in [1.165, 1.54) is 18.2 Å². The number of carbonyl (C=O) groups is 1. The Bertz CT molecular complexity index is 1150. The third-order valence-corrected chi connectivity index (χ3v) is 5.73. The summed E-state index contributed by atoms with van der Waals surface area (Å²) in [4.78, 5) is 12.2. The van der Waals surface area contributed by atoms with E-state index in [-0.39, 0.29) is 12.3 Å². The van der Waals surface area contributed by atoms with E-state index in [1.54, 1.807) is 30.3 Å². The van der Waals surface area contributed by atoms with E-state index in [9.17, 15) is 9.18 Å². The average Bonchev–Trinajstić information content (AvgIpc) is 2.75. The fourth-order valence-electron chi connectivity index (χ4n) is 2.79. The summed E-state index contributed by atoms with van der Waals surface area (Å²) in [6, 6.07) is 15.4. The van der Waals surface area contributed by atoms with Crippen molar-refractivity contribution in [3.05, 3.63) is 91.6 Å². The lowest BCUT2D eigenvalue weighted by Gasteiger charge is -2.15. The van der Waals surface area contributed by atoms with Crippen molar-refractivity contribution < 1.29 is 18.7 Å². The van der Waals surface area contributed by atoms with Gasteiger partial charge in [0.05, 0.1) is 16.8 Å². The summed E-state index contributed by atoms with van der Waals surface area (Å²) in [6.45, 7) is 2.58. The van der Waals surface area contributed by atoms with Crippen LogP contribution in [0, 0.1) is 5.82 Å². The third kappa shape index (κ3) is 6.58. The second kappa shape index (κ2) is 11.5. The Hall–Kier alpha value is -2.35. The van der Waals surface area contributed by atoms with Crippen LogP contribution < -0.4 is 14.8 Å². The molecule has 32 heavy (non-hydrogen) atoms. The highest BCUT2D eigenvalue weighted by Crippen LogP contribution is 2.38. The number of anilines is 1. The number of rotatable bonds is 8. The van der Waals surface area contributed by atoms with Gasteiger partial charge in [0, 0.05) is 21.1 Å². The smallest absolute Gasteiger partial charge is 0.248 e. The van der Waals surface area contributed by atoms with Crippen LogP contribution in [-0.2, 0) is 11.4 Å². The molecule has 0 saturated carbocycles. The molecule has 0 fully saturated rings. The number of halogens is 4. The van der Waals surface area contributed by atoms with E-state index in [2.05, 4.69) is 37.2 Å². The Morgan fingerprint density at radius 2 is 1.91 bits per heavy atom. The van der Waals surface area contributed by atoms with E-state index >= 15 is 0 Å². The molecule has 1 N–H and O–H groups in total. The highest BCUT2D eigenvalue weighted by atomic mass is 79.9. The van der Waals surface area contributed by atoms with Gasteiger partial charge < -0.3 is 14.8 Å². The molecular weight excluding hydrogens is 565 g/mol. The van der Waals surface area contributed by atoms with Gasteiger partial charge in [0.2, 0.25) is 5.91 Å². The Morgan fingerprint density at radius 3 is 2.62 bits per heavy atom. The zero-order valence-corrected chi connectivity index (χ0v) is 20.9. The average molecular weight is 584 g/mol. The number of amides is 1. The molecule has 0 aliphatic heterocycles. The molecule has 0 bridgehead atoms. The molecule has 0 radical (unpaired) electrons. The summed E-state index contributed by atoms with van der Waals surface area (Å²) >= 11 is 12.9. The summed E-state index contributed by atoms with van der Waals surface area (Å²) in [7, 11) is 0. The van der Waals surface area contributed by atoms with Gasteiger partial charge in [-0.25, -0.2) is 4.39 Å². The monoisotopic (exact) mass is 581 g/mol. The highest BCUT2D eigenvalue weighted by Gasteiger charge is 2.13. The van der Waals surface area contributed by atoms with Crippen LogP contribution >= 0.6 is 43.5 Å². The molecule has 1 amide bonds. The van der Waals surface area contributed by atoms with Crippen LogP contribution in [0.5, 0.6) is 11.5 Å². The van der Waals surface area contributed by atoms with Gasteiger partial charge in [-0.15, -0.1) is 0 Å². The molecule has 166 valence electrons. The number of benzene rings is 3. The van der Waals surface area contributed by atoms with Crippen molar-refractivity contribution in [3.8, 4) is 11.5 Å². The van der Waals surface area contributed by atoms with E-state index in [0.29, 0.717) is 37.6 Å². The maximum absolute atomic E-state index is 13.9. The normalized spacial score (nSPS) is 10.9. The van der Waals surface area contributed by atoms with Crippen molar-refractivity contribution in [1.82, 2.24) is 0 Å². The molecule has 8 heteroatoms. The number of ether oxygens (including phenoxy) is 2. The van der Waals surface area contributed by atoms with Crippen LogP contribution in [0.2, 0.25) is 5.02 Å². The molecule has 0 aromatic heterocycles. The first-order chi connectivity index (χ1) is 15.4. The molecule has 0 heterocycles. The Balaban J connectivity index is 1.75. The van der Waals surface area contributed by atoms with E-state index in [4.69, 9.17) is 21.1 Å². The molecule has 0 aliphatic carbocycles. The first kappa shape index (κ1) is 24.3. The lowest BCUT2D eigenvalue weighted by atomic mass is 10.1. The van der Waals surface area contributed by atoms with E-state index in [1.807, 2.05) is 25.1 Å². The first-order valence-corrected chi connectivity index (χ1v) is 11.6. The van der Waals surface area contributed by atoms with Gasteiger partial charge in [-0.1, -0.05) is 45.7 Å². The summed E-state index contributed by atoms with van der Waals surface area (Å²) in [6.07, 6.45) is 2.93. The van der Waals surface area contributed by atoms with Gasteiger partial charge in [0.1, 0.15) is 12.4 Å². The minimum absolute atomic E-state index is 0.0994. The molecule has 0 unspecified atom stereocenters. The quantitative estimate of drug-likeness (QED) is 0.278. The molecule has 3 aromatic carbocycles. The predicted molar refractivity (Wildman–Crippen MR) is 133 cm³/mol. The molecule has 0 aliphatic rings. The predicted octanol–water partition coefficient (Wildman–Crippen LogP) is 7.63. The number of nitrogens with one attached hydrogen (secondary N) is 1. The van der Waals surface area contributed by atoms with Crippen LogP contribution in [-0.4, -0.2) is 12.5 Å². The van der Waals surface area contributed by atoms with Crippen molar-refractivity contribution >= 4 is 61.1 Å². The molecule has 3 aromatic rings. The van der Waals surface area contributed by atoms with Crippen LogP contribution in [0.4, 0.5) is 10.1 Å². The van der Waals surface area contributed by atoms with Gasteiger partial charge in [0.25, 0.3) is 0 Å². The van der Waals surface area contributed by atoms with Crippen LogP contribution in [0.1, 0.15) is 18.1 Å². The summed E-state index contributed by atoms with van der Waals surface area (Å²) in [5.41, 5.74) is 1.66. The standard InChI is InChI=1S/C24H19Br2ClFNO3/c1-2-31-22-12-15(7-10-23(30)29-21-9-8-17(25)13-20(21)28)11-18(26)24(22)32-14-16-5-3-4-6-19(16)27/h3-13H,2,14H2,1H3,(H,29,30)/b10-7+. The first-order valence-electron chi connectivity index (χ1n) is 9.64. The minimum atomic E-state index is -0.525. The van der Waals surface area contributed by atoms with Crippen molar-refractivity contribution in [2.45, 2.75) is 13.5 Å². The van der Waals surface area contributed by atoms with Crippen molar-refractivity contribution in [1.29, 1.82) is 0 Å². The number of hydrogen-bond acceptors (Lipinski definition) is 3. The van der Waals surface area contributed by atoms with Crippen molar-refractivity contribution in [2.75, 3.05) is 11.9 Å². The molecule has 0 atom stereocenters. The minimum Gasteiger partial charge on any atom is -0.490 e. The van der Waals surface area contributed by atoms with Crippen molar-refractivity contribution in [2.24, 2.45) is 0 Å². The van der Waals surface area contributed by atoms with Gasteiger partial charge in [0.15, 0.2) is 11.5 Å². The van der Waals surface area contributed by atoms with E-state index in [0.717, 1.165) is 5.56 Å². The fourth-order valence-corrected chi connectivity index (χ4v) is 3.89. The zero-order chi connectivity index (χ0) is 23.1. The van der Waals surface area contributed by atoms with E-state index < -0.39 is 11.7 Å². The number of hydrogen-bond donors (Lipinski definition) is 1. The maximum Gasteiger partial charge on any atom is 0.248 e. The topological polar surface area (TPSA) is 47.6 Å². The molecule has 3 rings (SSSR count). The summed E-state index contributed by atoms with van der Waals surface area (Å²) in [5, 5.41) is 3.14. The van der Waals surface area contributed by atoms with Gasteiger partial charge in [-0.3, -0.25) is 4.79 Å².